The lowest BCUT2D eigenvalue weighted by Crippen LogP contribution is -2.45. The van der Waals surface area contributed by atoms with Crippen LogP contribution in [0.3, 0.4) is 0 Å². The third-order valence-corrected chi connectivity index (χ3v) is 5.60. The standard InChI is InChI=1S/C22H23F2N5O3/c1-13(31)19-8-18(27-29(19)11-14-4-2-3-5-16(14)23)21-25-9-17(24)22(26-21)28-7-6-20(32)15(10-28)12-30/h2-5,8-9,15,20,30,32H,6-7,10-12H2,1H3. The van der Waals surface area contributed by atoms with Gasteiger partial charge in [0.25, 0.3) is 0 Å². The summed E-state index contributed by atoms with van der Waals surface area (Å²) >= 11 is 0. The summed E-state index contributed by atoms with van der Waals surface area (Å²) in [5.41, 5.74) is 0.870. The highest BCUT2D eigenvalue weighted by molar-refractivity contribution is 5.93. The van der Waals surface area contributed by atoms with E-state index in [0.717, 1.165) is 6.20 Å². The van der Waals surface area contributed by atoms with Gasteiger partial charge in [-0.15, -0.1) is 0 Å². The molecule has 1 aromatic carbocycles. The van der Waals surface area contributed by atoms with Crippen LogP contribution in [-0.4, -0.2) is 61.5 Å². The Balaban J connectivity index is 1.67. The molecule has 32 heavy (non-hydrogen) atoms. The van der Waals surface area contributed by atoms with Crippen LogP contribution in [-0.2, 0) is 6.54 Å². The van der Waals surface area contributed by atoms with Gasteiger partial charge in [0.1, 0.15) is 17.2 Å². The molecule has 10 heteroatoms. The smallest absolute Gasteiger partial charge is 0.183 e. The number of aromatic nitrogens is 4. The van der Waals surface area contributed by atoms with Crippen LogP contribution in [0.1, 0.15) is 29.4 Å². The van der Waals surface area contributed by atoms with Gasteiger partial charge in [0.15, 0.2) is 23.2 Å². The molecule has 1 aliphatic rings. The fourth-order valence-corrected chi connectivity index (χ4v) is 3.81. The van der Waals surface area contributed by atoms with Gasteiger partial charge in [-0.2, -0.15) is 5.10 Å². The lowest BCUT2D eigenvalue weighted by Gasteiger charge is -2.36. The minimum absolute atomic E-state index is 0.0355. The van der Waals surface area contributed by atoms with E-state index >= 15 is 0 Å². The minimum Gasteiger partial charge on any atom is -0.396 e. The van der Waals surface area contributed by atoms with Crippen molar-refractivity contribution >= 4 is 11.6 Å². The van der Waals surface area contributed by atoms with Gasteiger partial charge in [0.05, 0.1) is 25.5 Å². The number of nitrogens with zero attached hydrogens (tertiary/aromatic N) is 5. The molecule has 0 aliphatic carbocycles. The van der Waals surface area contributed by atoms with Crippen LogP contribution < -0.4 is 4.90 Å². The number of ketones is 1. The highest BCUT2D eigenvalue weighted by Gasteiger charge is 2.30. The van der Waals surface area contributed by atoms with Crippen LogP contribution in [0.2, 0.25) is 0 Å². The number of carbonyl (C=O) groups is 1. The van der Waals surface area contributed by atoms with Crippen LogP contribution >= 0.6 is 0 Å². The van der Waals surface area contributed by atoms with Gasteiger partial charge in [-0.25, -0.2) is 18.7 Å². The Morgan fingerprint density at radius 2 is 2.03 bits per heavy atom. The van der Waals surface area contributed by atoms with Gasteiger partial charge < -0.3 is 15.1 Å². The fourth-order valence-electron chi connectivity index (χ4n) is 3.81. The van der Waals surface area contributed by atoms with Crippen molar-refractivity contribution in [3.05, 3.63) is 59.4 Å². The van der Waals surface area contributed by atoms with Gasteiger partial charge in [-0.3, -0.25) is 9.48 Å². The maximum Gasteiger partial charge on any atom is 0.183 e. The lowest BCUT2D eigenvalue weighted by atomic mass is 9.95. The fraction of sp³-hybridized carbons (Fsp3) is 0.364. The molecule has 0 bridgehead atoms. The van der Waals surface area contributed by atoms with E-state index in [1.54, 1.807) is 23.1 Å². The first kappa shape index (κ1) is 22.0. The van der Waals surface area contributed by atoms with E-state index in [4.69, 9.17) is 0 Å². The van der Waals surface area contributed by atoms with Crippen molar-refractivity contribution in [3.63, 3.8) is 0 Å². The maximum atomic E-state index is 14.5. The molecule has 1 saturated heterocycles. The first-order valence-electron chi connectivity index (χ1n) is 10.3. The monoisotopic (exact) mass is 443 g/mol. The summed E-state index contributed by atoms with van der Waals surface area (Å²) in [5, 5.41) is 23.8. The molecule has 3 aromatic rings. The molecule has 2 atom stereocenters. The van der Waals surface area contributed by atoms with Gasteiger partial charge in [0.2, 0.25) is 0 Å². The Bertz CT molecular complexity index is 1140. The first-order valence-corrected chi connectivity index (χ1v) is 10.3. The number of benzene rings is 1. The molecule has 0 saturated carbocycles. The van der Waals surface area contributed by atoms with Crippen molar-refractivity contribution in [2.24, 2.45) is 5.92 Å². The van der Waals surface area contributed by atoms with Crippen molar-refractivity contribution in [1.82, 2.24) is 19.7 Å². The SMILES string of the molecule is CC(=O)c1cc(-c2ncc(F)c(N3CCC(O)C(CO)C3)n2)nn1Cc1ccccc1F. The van der Waals surface area contributed by atoms with E-state index in [9.17, 15) is 23.8 Å². The largest absolute Gasteiger partial charge is 0.396 e. The molecule has 0 spiro atoms. The summed E-state index contributed by atoms with van der Waals surface area (Å²) in [6.07, 6.45) is 0.739. The van der Waals surface area contributed by atoms with E-state index in [1.165, 1.54) is 23.7 Å². The number of piperidine rings is 1. The first-order chi connectivity index (χ1) is 15.4. The predicted molar refractivity (Wildman–Crippen MR) is 112 cm³/mol. The highest BCUT2D eigenvalue weighted by atomic mass is 19.1. The zero-order valence-electron chi connectivity index (χ0n) is 17.4. The van der Waals surface area contributed by atoms with Crippen molar-refractivity contribution < 1.29 is 23.8 Å². The lowest BCUT2D eigenvalue weighted by molar-refractivity contribution is 0.0522. The summed E-state index contributed by atoms with van der Waals surface area (Å²) in [6, 6.07) is 7.71. The number of anilines is 1. The molecular weight excluding hydrogens is 420 g/mol. The minimum atomic E-state index is -0.659. The Labute approximate surface area is 183 Å². The molecule has 8 nitrogen and oxygen atoms in total. The van der Waals surface area contributed by atoms with Gasteiger partial charge in [-0.1, -0.05) is 18.2 Å². The third kappa shape index (κ3) is 4.37. The van der Waals surface area contributed by atoms with Crippen LogP contribution in [0.5, 0.6) is 0 Å². The van der Waals surface area contributed by atoms with E-state index in [1.807, 2.05) is 0 Å². The number of aliphatic hydroxyl groups excluding tert-OH is 2. The summed E-state index contributed by atoms with van der Waals surface area (Å²) in [5.74, 6) is -1.58. The molecule has 1 fully saturated rings. The number of aliphatic hydroxyl groups is 2. The summed E-state index contributed by atoms with van der Waals surface area (Å²) in [6.45, 7) is 1.80. The summed E-state index contributed by atoms with van der Waals surface area (Å²) < 4.78 is 30.0. The molecular formula is C22H23F2N5O3. The molecule has 2 unspecified atom stereocenters. The van der Waals surface area contributed by atoms with Crippen LogP contribution in [0.15, 0.2) is 36.5 Å². The molecule has 1 aliphatic heterocycles. The summed E-state index contributed by atoms with van der Waals surface area (Å²) in [7, 11) is 0. The molecule has 0 amide bonds. The van der Waals surface area contributed by atoms with Crippen LogP contribution in [0, 0.1) is 17.6 Å². The van der Waals surface area contributed by atoms with E-state index < -0.39 is 23.7 Å². The molecule has 168 valence electrons. The molecule has 3 heterocycles. The maximum absolute atomic E-state index is 14.5. The number of carbonyl (C=O) groups excluding carboxylic acids is 1. The van der Waals surface area contributed by atoms with E-state index in [-0.39, 0.29) is 48.5 Å². The van der Waals surface area contributed by atoms with Crippen molar-refractivity contribution in [2.45, 2.75) is 26.0 Å². The van der Waals surface area contributed by atoms with Crippen LogP contribution in [0.4, 0.5) is 14.6 Å². The Hall–Kier alpha value is -3.24. The Morgan fingerprint density at radius 1 is 1.25 bits per heavy atom. The van der Waals surface area contributed by atoms with Crippen molar-refractivity contribution in [2.75, 3.05) is 24.6 Å². The molecule has 4 rings (SSSR count). The average molecular weight is 443 g/mol. The van der Waals surface area contributed by atoms with Gasteiger partial charge in [-0.05, 0) is 18.6 Å². The van der Waals surface area contributed by atoms with Gasteiger partial charge in [0, 0.05) is 31.5 Å². The average Bonchev–Trinajstić information content (AvgIpc) is 3.20. The van der Waals surface area contributed by atoms with Crippen molar-refractivity contribution in [3.8, 4) is 11.5 Å². The number of hydrogen-bond donors (Lipinski definition) is 2. The number of rotatable bonds is 6. The molecule has 0 radical (unpaired) electrons. The Kier molecular flexibility index (Phi) is 6.24. The molecule has 2 N–H and O–H groups in total. The van der Waals surface area contributed by atoms with E-state index in [2.05, 4.69) is 15.1 Å². The number of Topliss-reactive ketones (excluding diaryl/α,β-unsaturated/α-hetero) is 1. The van der Waals surface area contributed by atoms with E-state index in [0.29, 0.717) is 18.5 Å². The number of halogens is 2. The van der Waals surface area contributed by atoms with Gasteiger partial charge >= 0.3 is 0 Å². The topological polar surface area (TPSA) is 104 Å². The predicted octanol–water partition coefficient (Wildman–Crippen LogP) is 2.05. The second kappa shape index (κ2) is 9.09. The zero-order valence-corrected chi connectivity index (χ0v) is 17.4. The quantitative estimate of drug-likeness (QED) is 0.562. The van der Waals surface area contributed by atoms with Crippen molar-refractivity contribution in [1.29, 1.82) is 0 Å². The third-order valence-electron chi connectivity index (χ3n) is 5.60. The molecule has 2 aromatic heterocycles. The summed E-state index contributed by atoms with van der Waals surface area (Å²) in [4.78, 5) is 22.1. The zero-order chi connectivity index (χ0) is 22.8. The van der Waals surface area contributed by atoms with Crippen LogP contribution in [0.25, 0.3) is 11.5 Å². The highest BCUT2D eigenvalue weighted by Crippen LogP contribution is 2.26. The normalized spacial score (nSPS) is 18.7. The Morgan fingerprint density at radius 3 is 2.75 bits per heavy atom. The second-order valence-electron chi connectivity index (χ2n) is 7.83. The number of hydrogen-bond acceptors (Lipinski definition) is 7. The second-order valence-corrected chi connectivity index (χ2v) is 7.83.